The molecule has 1 fully saturated rings. The smallest absolute Gasteiger partial charge is 0.340 e. The van der Waals surface area contributed by atoms with E-state index < -0.39 is 16.0 Å². The third-order valence-corrected chi connectivity index (χ3v) is 5.08. The fraction of sp³-hybridized carbons (Fsp3) is 0.615. The van der Waals surface area contributed by atoms with E-state index in [1.165, 1.54) is 13.8 Å². The lowest BCUT2D eigenvalue weighted by atomic mass is 10.2. The highest BCUT2D eigenvalue weighted by molar-refractivity contribution is 7.89. The average Bonchev–Trinajstić information content (AvgIpc) is 2.96. The van der Waals surface area contributed by atoms with Gasteiger partial charge in [0.1, 0.15) is 22.0 Å². The van der Waals surface area contributed by atoms with Gasteiger partial charge in [0.05, 0.1) is 6.10 Å². The van der Waals surface area contributed by atoms with Gasteiger partial charge in [-0.1, -0.05) is 0 Å². The molecule has 8 heteroatoms. The van der Waals surface area contributed by atoms with Crippen molar-refractivity contribution in [1.29, 1.82) is 0 Å². The Balaban J connectivity index is 2.13. The molecule has 1 atom stereocenters. The number of carboxylic acid groups (broad SMARTS) is 1. The summed E-state index contributed by atoms with van der Waals surface area (Å²) < 4.78 is 37.6. The standard InChI is InChI=1S/C13H19NO6S/c1-8-11(13(15)16)12(9(2)20-8)21(17,18)14-6-5-10-4-3-7-19-10/h10,14H,3-7H2,1-2H3,(H,15,16). The molecule has 1 unspecified atom stereocenters. The molecule has 1 aliphatic rings. The molecule has 1 aromatic rings. The third-order valence-electron chi connectivity index (χ3n) is 3.47. The van der Waals surface area contributed by atoms with Crippen molar-refractivity contribution in [2.75, 3.05) is 13.2 Å². The van der Waals surface area contributed by atoms with Gasteiger partial charge < -0.3 is 14.3 Å². The van der Waals surface area contributed by atoms with Crippen molar-refractivity contribution >= 4 is 16.0 Å². The maximum absolute atomic E-state index is 12.3. The van der Waals surface area contributed by atoms with Crippen LogP contribution in [0.15, 0.2) is 9.31 Å². The predicted octanol–water partition coefficient (Wildman–Crippen LogP) is 1.44. The Morgan fingerprint density at radius 2 is 2.10 bits per heavy atom. The maximum Gasteiger partial charge on any atom is 0.340 e. The van der Waals surface area contributed by atoms with E-state index in [2.05, 4.69) is 4.72 Å². The van der Waals surface area contributed by atoms with Gasteiger partial charge in [-0.15, -0.1) is 0 Å². The summed E-state index contributed by atoms with van der Waals surface area (Å²) in [5.74, 6) is -1.15. The topological polar surface area (TPSA) is 106 Å². The summed E-state index contributed by atoms with van der Waals surface area (Å²) in [7, 11) is -3.92. The van der Waals surface area contributed by atoms with Crippen molar-refractivity contribution < 1.29 is 27.5 Å². The maximum atomic E-state index is 12.3. The largest absolute Gasteiger partial charge is 0.478 e. The summed E-state index contributed by atoms with van der Waals surface area (Å²) in [6.07, 6.45) is 2.54. The number of nitrogens with one attached hydrogen (secondary N) is 1. The quantitative estimate of drug-likeness (QED) is 0.822. The number of furan rings is 1. The van der Waals surface area contributed by atoms with E-state index in [4.69, 9.17) is 14.3 Å². The van der Waals surface area contributed by atoms with Crippen LogP contribution in [0.2, 0.25) is 0 Å². The molecular formula is C13H19NO6S. The normalized spacial score (nSPS) is 19.0. The van der Waals surface area contributed by atoms with Gasteiger partial charge in [0.2, 0.25) is 10.0 Å². The molecule has 0 amide bonds. The molecule has 0 bridgehead atoms. The van der Waals surface area contributed by atoms with E-state index in [-0.39, 0.29) is 34.6 Å². The van der Waals surface area contributed by atoms with Crippen LogP contribution in [0.25, 0.3) is 0 Å². The molecule has 1 saturated heterocycles. The van der Waals surface area contributed by atoms with Crippen LogP contribution < -0.4 is 4.72 Å². The van der Waals surface area contributed by atoms with E-state index in [0.29, 0.717) is 13.0 Å². The van der Waals surface area contributed by atoms with Crippen molar-refractivity contribution in [3.63, 3.8) is 0 Å². The predicted molar refractivity (Wildman–Crippen MR) is 73.9 cm³/mol. The van der Waals surface area contributed by atoms with E-state index in [1.54, 1.807) is 0 Å². The Hall–Kier alpha value is -1.38. The van der Waals surface area contributed by atoms with Gasteiger partial charge in [0.15, 0.2) is 0 Å². The molecule has 2 heterocycles. The van der Waals surface area contributed by atoms with Crippen LogP contribution in [0.1, 0.15) is 41.1 Å². The molecule has 0 aromatic carbocycles. The zero-order valence-corrected chi connectivity index (χ0v) is 12.8. The average molecular weight is 317 g/mol. The highest BCUT2D eigenvalue weighted by atomic mass is 32.2. The Morgan fingerprint density at radius 3 is 2.67 bits per heavy atom. The summed E-state index contributed by atoms with van der Waals surface area (Å²) in [5, 5.41) is 9.15. The van der Waals surface area contributed by atoms with Crippen molar-refractivity contribution in [2.45, 2.75) is 44.1 Å². The highest BCUT2D eigenvalue weighted by Crippen LogP contribution is 2.26. The summed E-state index contributed by atoms with van der Waals surface area (Å²) in [4.78, 5) is 10.9. The number of aryl methyl sites for hydroxylation is 2. The summed E-state index contributed by atoms with van der Waals surface area (Å²) >= 11 is 0. The van der Waals surface area contributed by atoms with Crippen LogP contribution in [0.4, 0.5) is 0 Å². The number of rotatable bonds is 6. The summed E-state index contributed by atoms with van der Waals surface area (Å²) in [5.41, 5.74) is -0.308. The molecular weight excluding hydrogens is 298 g/mol. The SMILES string of the molecule is Cc1oc(C)c(S(=O)(=O)NCCC2CCCO2)c1C(=O)O. The van der Waals surface area contributed by atoms with Gasteiger partial charge in [-0.05, 0) is 33.1 Å². The molecule has 118 valence electrons. The van der Waals surface area contributed by atoms with Crippen molar-refractivity contribution in [3.8, 4) is 0 Å². The first kappa shape index (κ1) is 16.0. The molecule has 0 radical (unpaired) electrons. The number of aromatic carboxylic acids is 1. The Kier molecular flexibility index (Phi) is 4.70. The zero-order chi connectivity index (χ0) is 15.6. The van der Waals surface area contributed by atoms with E-state index in [9.17, 15) is 13.2 Å². The lowest BCUT2D eigenvalue weighted by Gasteiger charge is -2.10. The molecule has 0 saturated carbocycles. The minimum atomic E-state index is -3.92. The Bertz CT molecular complexity index is 627. The summed E-state index contributed by atoms with van der Waals surface area (Å²) in [6.45, 7) is 3.78. The van der Waals surface area contributed by atoms with Gasteiger partial charge in [-0.3, -0.25) is 0 Å². The van der Waals surface area contributed by atoms with E-state index in [1.807, 2.05) is 0 Å². The van der Waals surface area contributed by atoms with E-state index in [0.717, 1.165) is 12.8 Å². The minimum Gasteiger partial charge on any atom is -0.478 e. The lowest BCUT2D eigenvalue weighted by Crippen LogP contribution is -2.28. The molecule has 21 heavy (non-hydrogen) atoms. The molecule has 2 rings (SSSR count). The molecule has 2 N–H and O–H groups in total. The van der Waals surface area contributed by atoms with Gasteiger partial charge >= 0.3 is 5.97 Å². The number of sulfonamides is 1. The minimum absolute atomic E-state index is 0.0684. The van der Waals surface area contributed by atoms with Gasteiger partial charge in [0, 0.05) is 13.2 Å². The molecule has 1 aromatic heterocycles. The number of carboxylic acids is 1. The lowest BCUT2D eigenvalue weighted by molar-refractivity contribution is 0.0691. The van der Waals surface area contributed by atoms with Crippen molar-refractivity contribution in [2.24, 2.45) is 0 Å². The number of hydrogen-bond donors (Lipinski definition) is 2. The van der Waals surface area contributed by atoms with Crippen molar-refractivity contribution in [3.05, 3.63) is 17.1 Å². The fourth-order valence-electron chi connectivity index (χ4n) is 2.53. The van der Waals surface area contributed by atoms with Gasteiger partial charge in [0.25, 0.3) is 0 Å². The molecule has 7 nitrogen and oxygen atoms in total. The second-order valence-corrected chi connectivity index (χ2v) is 6.75. The highest BCUT2D eigenvalue weighted by Gasteiger charge is 2.30. The Morgan fingerprint density at radius 1 is 1.38 bits per heavy atom. The summed E-state index contributed by atoms with van der Waals surface area (Å²) in [6, 6.07) is 0. The number of ether oxygens (including phenoxy) is 1. The first-order valence-corrected chi connectivity index (χ1v) is 8.26. The van der Waals surface area contributed by atoms with E-state index >= 15 is 0 Å². The van der Waals surface area contributed by atoms with Gasteiger partial charge in [-0.25, -0.2) is 17.9 Å². The molecule has 0 aliphatic carbocycles. The zero-order valence-electron chi connectivity index (χ0n) is 12.0. The van der Waals surface area contributed by atoms with Crippen LogP contribution >= 0.6 is 0 Å². The molecule has 1 aliphatic heterocycles. The fourth-order valence-corrected chi connectivity index (χ4v) is 3.98. The van der Waals surface area contributed by atoms with Crippen LogP contribution in [0, 0.1) is 13.8 Å². The third kappa shape index (κ3) is 3.45. The monoisotopic (exact) mass is 317 g/mol. The van der Waals surface area contributed by atoms with Crippen molar-refractivity contribution in [1.82, 2.24) is 4.72 Å². The van der Waals surface area contributed by atoms with Crippen LogP contribution in [0.3, 0.4) is 0 Å². The second kappa shape index (κ2) is 6.17. The number of carbonyl (C=O) groups is 1. The molecule has 0 spiro atoms. The second-order valence-electron chi connectivity index (χ2n) is 5.05. The van der Waals surface area contributed by atoms with Crippen LogP contribution in [0.5, 0.6) is 0 Å². The van der Waals surface area contributed by atoms with Crippen LogP contribution in [-0.2, 0) is 14.8 Å². The first-order valence-electron chi connectivity index (χ1n) is 6.77. The first-order chi connectivity index (χ1) is 9.83. The van der Waals surface area contributed by atoms with Crippen LogP contribution in [-0.4, -0.2) is 38.7 Å². The van der Waals surface area contributed by atoms with Gasteiger partial charge in [-0.2, -0.15) is 0 Å². The Labute approximate surface area is 123 Å². The number of hydrogen-bond acceptors (Lipinski definition) is 5.